The van der Waals surface area contributed by atoms with E-state index >= 15 is 0 Å². The van der Waals surface area contributed by atoms with Gasteiger partial charge in [-0.25, -0.2) is 5.43 Å². The van der Waals surface area contributed by atoms with Gasteiger partial charge in [0.05, 0.1) is 32.5 Å². The molecule has 0 saturated heterocycles. The maximum Gasteiger partial charge on any atom is 0.311 e. The van der Waals surface area contributed by atoms with Gasteiger partial charge in [-0.2, -0.15) is 5.10 Å². The second kappa shape index (κ2) is 9.93. The van der Waals surface area contributed by atoms with Crippen LogP contribution in [0.4, 0.5) is 5.69 Å². The van der Waals surface area contributed by atoms with Crippen LogP contribution in [0.2, 0.25) is 0 Å². The van der Waals surface area contributed by atoms with E-state index in [0.717, 1.165) is 0 Å². The number of nitrogens with zero attached hydrogens (tertiary/aromatic N) is 2. The van der Waals surface area contributed by atoms with E-state index in [4.69, 9.17) is 18.9 Å². The van der Waals surface area contributed by atoms with Gasteiger partial charge in [0.2, 0.25) is 5.75 Å². The van der Waals surface area contributed by atoms with E-state index in [0.29, 0.717) is 28.4 Å². The van der Waals surface area contributed by atoms with Crippen LogP contribution in [0.3, 0.4) is 0 Å². The maximum absolute atomic E-state index is 11.9. The minimum atomic E-state index is -0.580. The summed E-state index contributed by atoms with van der Waals surface area (Å²) in [6, 6.07) is 7.78. The van der Waals surface area contributed by atoms with E-state index in [1.54, 1.807) is 25.1 Å². The first-order valence-electron chi connectivity index (χ1n) is 8.39. The van der Waals surface area contributed by atoms with Gasteiger partial charge in [-0.1, -0.05) is 6.07 Å². The molecule has 29 heavy (non-hydrogen) atoms. The molecule has 10 nitrogen and oxygen atoms in total. The highest BCUT2D eigenvalue weighted by molar-refractivity contribution is 5.84. The molecule has 0 spiro atoms. The fourth-order valence-electron chi connectivity index (χ4n) is 2.42. The Hall–Kier alpha value is -3.82. The van der Waals surface area contributed by atoms with Gasteiger partial charge in [0.25, 0.3) is 5.91 Å². The summed E-state index contributed by atoms with van der Waals surface area (Å²) in [5.41, 5.74) is 3.38. The topological polar surface area (TPSA) is 122 Å². The Labute approximate surface area is 167 Å². The summed E-state index contributed by atoms with van der Waals surface area (Å²) in [4.78, 5) is 22.4. The number of methoxy groups -OCH3 is 3. The predicted molar refractivity (Wildman–Crippen MR) is 105 cm³/mol. The summed E-state index contributed by atoms with van der Waals surface area (Å²) in [5, 5.41) is 14.9. The predicted octanol–water partition coefficient (Wildman–Crippen LogP) is 2.46. The van der Waals surface area contributed by atoms with Crippen molar-refractivity contribution < 1.29 is 28.7 Å². The quantitative estimate of drug-likeness (QED) is 0.388. The number of carbonyl (C=O) groups is 1. The van der Waals surface area contributed by atoms with Crippen LogP contribution in [-0.2, 0) is 4.79 Å². The first-order valence-corrected chi connectivity index (χ1v) is 8.39. The number of ether oxygens (including phenoxy) is 4. The molecule has 0 atom stereocenters. The molecule has 0 radical (unpaired) electrons. The molecule has 0 aliphatic heterocycles. The number of aryl methyl sites for hydroxylation is 1. The Kier molecular flexibility index (Phi) is 7.35. The van der Waals surface area contributed by atoms with E-state index in [9.17, 15) is 14.9 Å². The zero-order valence-electron chi connectivity index (χ0n) is 16.4. The standard InChI is InChI=1S/C19H21N3O7/c1-12-5-6-15(14(7-12)22(24)25)29-11-18(23)21-20-10-13-8-16(26-2)19(28-4)17(9-13)27-3/h5-10H,11H2,1-4H3,(H,21,23)/b20-10+. The van der Waals surface area contributed by atoms with Crippen molar-refractivity contribution >= 4 is 17.8 Å². The third kappa shape index (κ3) is 5.58. The molecule has 1 N–H and O–H groups in total. The Balaban J connectivity index is 2.01. The number of nitro groups is 1. The molecule has 10 heteroatoms. The summed E-state index contributed by atoms with van der Waals surface area (Å²) < 4.78 is 21.0. The van der Waals surface area contributed by atoms with E-state index < -0.39 is 17.4 Å². The van der Waals surface area contributed by atoms with Gasteiger partial charge >= 0.3 is 5.69 Å². The number of nitro benzene ring substituents is 1. The first kappa shape index (κ1) is 21.5. The highest BCUT2D eigenvalue weighted by Gasteiger charge is 2.16. The van der Waals surface area contributed by atoms with Crippen molar-refractivity contribution in [3.05, 3.63) is 51.6 Å². The van der Waals surface area contributed by atoms with Crippen LogP contribution in [-0.4, -0.2) is 45.0 Å². The fraction of sp³-hybridized carbons (Fsp3) is 0.263. The Morgan fingerprint density at radius 1 is 1.10 bits per heavy atom. The summed E-state index contributed by atoms with van der Waals surface area (Å²) in [6.45, 7) is 1.29. The normalized spacial score (nSPS) is 10.5. The lowest BCUT2D eigenvalue weighted by Gasteiger charge is -2.12. The molecule has 0 bridgehead atoms. The molecular weight excluding hydrogens is 382 g/mol. The van der Waals surface area contributed by atoms with Gasteiger partial charge in [-0.05, 0) is 30.7 Å². The van der Waals surface area contributed by atoms with Crippen LogP contribution in [0.25, 0.3) is 0 Å². The number of benzene rings is 2. The molecule has 2 aromatic carbocycles. The second-order valence-electron chi connectivity index (χ2n) is 5.77. The van der Waals surface area contributed by atoms with Crippen LogP contribution in [0, 0.1) is 17.0 Å². The zero-order valence-corrected chi connectivity index (χ0v) is 16.4. The molecule has 0 aromatic heterocycles. The van der Waals surface area contributed by atoms with Gasteiger partial charge in [-0.15, -0.1) is 0 Å². The smallest absolute Gasteiger partial charge is 0.311 e. The first-order chi connectivity index (χ1) is 13.9. The van der Waals surface area contributed by atoms with Crippen molar-refractivity contribution in [3.63, 3.8) is 0 Å². The van der Waals surface area contributed by atoms with Crippen molar-refractivity contribution in [1.29, 1.82) is 0 Å². The van der Waals surface area contributed by atoms with E-state index in [1.807, 2.05) is 0 Å². The zero-order chi connectivity index (χ0) is 21.4. The van der Waals surface area contributed by atoms with Gasteiger partial charge in [0.1, 0.15) is 0 Å². The van der Waals surface area contributed by atoms with Crippen LogP contribution in [0.15, 0.2) is 35.4 Å². The molecule has 0 fully saturated rings. The number of amides is 1. The summed E-state index contributed by atoms with van der Waals surface area (Å²) in [7, 11) is 4.47. The van der Waals surface area contributed by atoms with Crippen LogP contribution in [0.5, 0.6) is 23.0 Å². The van der Waals surface area contributed by atoms with Gasteiger partial charge in [-0.3, -0.25) is 14.9 Å². The number of carbonyl (C=O) groups excluding carboxylic acids is 1. The third-order valence-corrected chi connectivity index (χ3v) is 3.76. The maximum atomic E-state index is 11.9. The lowest BCUT2D eigenvalue weighted by atomic mass is 10.2. The Morgan fingerprint density at radius 3 is 2.31 bits per heavy atom. The van der Waals surface area contributed by atoms with Crippen LogP contribution < -0.4 is 24.4 Å². The molecule has 0 aliphatic rings. The number of hydrazone groups is 1. The van der Waals surface area contributed by atoms with Crippen molar-refractivity contribution in [2.24, 2.45) is 5.10 Å². The van der Waals surface area contributed by atoms with E-state index in [-0.39, 0.29) is 11.4 Å². The minimum absolute atomic E-state index is 0.00403. The van der Waals surface area contributed by atoms with Crippen LogP contribution in [0.1, 0.15) is 11.1 Å². The molecule has 0 unspecified atom stereocenters. The average Bonchev–Trinajstić information content (AvgIpc) is 2.71. The summed E-state index contributed by atoms with van der Waals surface area (Å²) >= 11 is 0. The summed E-state index contributed by atoms with van der Waals surface area (Å²) in [5.74, 6) is 0.737. The molecule has 1 amide bonds. The highest BCUT2D eigenvalue weighted by Crippen LogP contribution is 2.37. The lowest BCUT2D eigenvalue weighted by molar-refractivity contribution is -0.385. The number of hydrogen-bond donors (Lipinski definition) is 1. The van der Waals surface area contributed by atoms with Gasteiger partial charge in [0, 0.05) is 11.6 Å². The molecule has 0 aliphatic carbocycles. The van der Waals surface area contributed by atoms with Gasteiger partial charge < -0.3 is 18.9 Å². The molecule has 2 rings (SSSR count). The second-order valence-corrected chi connectivity index (χ2v) is 5.77. The largest absolute Gasteiger partial charge is 0.493 e. The van der Waals surface area contributed by atoms with Crippen LogP contribution >= 0.6 is 0 Å². The Morgan fingerprint density at radius 2 is 1.76 bits per heavy atom. The molecule has 154 valence electrons. The molecular formula is C19H21N3O7. The average molecular weight is 403 g/mol. The van der Waals surface area contributed by atoms with E-state index in [1.165, 1.54) is 39.7 Å². The highest BCUT2D eigenvalue weighted by atomic mass is 16.6. The minimum Gasteiger partial charge on any atom is -0.493 e. The van der Waals surface area contributed by atoms with Crippen molar-refractivity contribution in [2.75, 3.05) is 27.9 Å². The van der Waals surface area contributed by atoms with E-state index in [2.05, 4.69) is 10.5 Å². The van der Waals surface area contributed by atoms with Gasteiger partial charge in [0.15, 0.2) is 23.9 Å². The monoisotopic (exact) mass is 403 g/mol. The van der Waals surface area contributed by atoms with Crippen molar-refractivity contribution in [1.82, 2.24) is 5.43 Å². The number of hydrogen-bond acceptors (Lipinski definition) is 8. The fourth-order valence-corrected chi connectivity index (χ4v) is 2.42. The van der Waals surface area contributed by atoms with Crippen molar-refractivity contribution in [3.8, 4) is 23.0 Å². The number of rotatable bonds is 9. The molecule has 0 saturated carbocycles. The molecule has 2 aromatic rings. The lowest BCUT2D eigenvalue weighted by Crippen LogP contribution is -2.24. The molecule has 0 heterocycles. The summed E-state index contributed by atoms with van der Waals surface area (Å²) in [6.07, 6.45) is 1.39. The third-order valence-electron chi connectivity index (χ3n) is 3.76. The SMILES string of the molecule is COc1cc(/C=N/NC(=O)COc2ccc(C)cc2[N+](=O)[O-])cc(OC)c1OC. The Bertz CT molecular complexity index is 903. The van der Waals surface area contributed by atoms with Crippen molar-refractivity contribution in [2.45, 2.75) is 6.92 Å². The number of nitrogens with one attached hydrogen (secondary N) is 1.